The molecule has 0 radical (unpaired) electrons. The number of nitrogens with one attached hydrogen (secondary N) is 2. The normalized spacial score (nSPS) is 15.6. The third-order valence-corrected chi connectivity index (χ3v) is 8.43. The zero-order chi connectivity index (χ0) is 24.8. The highest BCUT2D eigenvalue weighted by Gasteiger charge is 2.51. The second kappa shape index (κ2) is 8.70. The van der Waals surface area contributed by atoms with Gasteiger partial charge in [0.2, 0.25) is 22.7 Å². The summed E-state index contributed by atoms with van der Waals surface area (Å²) in [5.41, 5.74) is 4.69. The minimum Gasteiger partial charge on any atom is -0.454 e. The number of rotatable bonds is 7. The maximum absolute atomic E-state index is 13.4. The van der Waals surface area contributed by atoms with Gasteiger partial charge in [-0.2, -0.15) is 0 Å². The Bertz CT molecular complexity index is 1430. The number of anilines is 1. The lowest BCUT2D eigenvalue weighted by Crippen LogP contribution is -2.27. The highest BCUT2D eigenvalue weighted by Crippen LogP contribution is 2.51. The molecule has 0 spiro atoms. The summed E-state index contributed by atoms with van der Waals surface area (Å²) in [6.07, 6.45) is 2.13. The Morgan fingerprint density at radius 3 is 2.49 bits per heavy atom. The standard InChI is InChI=1S/C27H28N2O5S/c1-4-18-13-19(6-10-25(18)35(31,32)28-3)22-15-21(8-5-17(22)2)29-26(30)27(11-12-27)20-7-9-23-24(14-20)34-16-33-23/h5-10,13-15,28H,4,11-12,16H2,1-3H3,(H,29,30). The maximum atomic E-state index is 13.4. The van der Waals surface area contributed by atoms with E-state index < -0.39 is 15.4 Å². The number of carbonyl (C=O) groups excluding carboxylic acids is 1. The molecule has 1 aliphatic heterocycles. The minimum atomic E-state index is -3.54. The molecule has 2 aliphatic rings. The van der Waals surface area contributed by atoms with Crippen molar-refractivity contribution in [1.82, 2.24) is 4.72 Å². The summed E-state index contributed by atoms with van der Waals surface area (Å²) in [7, 11) is -2.13. The zero-order valence-corrected chi connectivity index (χ0v) is 20.8. The van der Waals surface area contributed by atoms with Crippen LogP contribution in [0.3, 0.4) is 0 Å². The Hall–Kier alpha value is -3.36. The van der Waals surface area contributed by atoms with Crippen molar-refractivity contribution < 1.29 is 22.7 Å². The minimum absolute atomic E-state index is 0.0455. The van der Waals surface area contributed by atoms with Crippen LogP contribution in [0.4, 0.5) is 5.69 Å². The molecule has 0 atom stereocenters. The first-order valence-electron chi connectivity index (χ1n) is 11.7. The van der Waals surface area contributed by atoms with E-state index in [1.54, 1.807) is 6.07 Å². The Labute approximate surface area is 205 Å². The van der Waals surface area contributed by atoms with E-state index in [1.807, 2.05) is 62.4 Å². The fourth-order valence-corrected chi connectivity index (χ4v) is 5.64. The first-order valence-corrected chi connectivity index (χ1v) is 13.1. The van der Waals surface area contributed by atoms with Crippen LogP contribution in [-0.4, -0.2) is 28.2 Å². The number of amides is 1. The predicted molar refractivity (Wildman–Crippen MR) is 134 cm³/mol. The summed E-state index contributed by atoms with van der Waals surface area (Å²) < 4.78 is 38.0. The number of hydrogen-bond acceptors (Lipinski definition) is 5. The van der Waals surface area contributed by atoms with Gasteiger partial charge in [-0.3, -0.25) is 4.79 Å². The van der Waals surface area contributed by atoms with Crippen LogP contribution < -0.4 is 19.5 Å². The number of hydrogen-bond donors (Lipinski definition) is 2. The molecule has 3 aromatic rings. The number of benzene rings is 3. The molecule has 0 aromatic heterocycles. The zero-order valence-electron chi connectivity index (χ0n) is 20.0. The SMILES string of the molecule is CCc1cc(-c2cc(NC(=O)C3(c4ccc5c(c4)OCO5)CC3)ccc2C)ccc1S(=O)(=O)NC. The van der Waals surface area contributed by atoms with Crippen LogP contribution in [0.1, 0.15) is 36.5 Å². The van der Waals surface area contributed by atoms with E-state index >= 15 is 0 Å². The summed E-state index contributed by atoms with van der Waals surface area (Å²) in [6, 6.07) is 16.9. The van der Waals surface area contributed by atoms with Crippen molar-refractivity contribution >= 4 is 21.6 Å². The third-order valence-electron chi connectivity index (χ3n) is 6.92. The number of sulfonamides is 1. The van der Waals surface area contributed by atoms with Gasteiger partial charge in [-0.15, -0.1) is 0 Å². The number of fused-ring (bicyclic) bond motifs is 1. The Morgan fingerprint density at radius 2 is 1.77 bits per heavy atom. The molecule has 1 fully saturated rings. The summed E-state index contributed by atoms with van der Waals surface area (Å²) in [5, 5.41) is 3.10. The van der Waals surface area contributed by atoms with E-state index in [-0.39, 0.29) is 17.6 Å². The van der Waals surface area contributed by atoms with E-state index in [0.717, 1.165) is 40.7 Å². The summed E-state index contributed by atoms with van der Waals surface area (Å²) in [6.45, 7) is 4.13. The van der Waals surface area contributed by atoms with Crippen molar-refractivity contribution in [2.24, 2.45) is 0 Å². The van der Waals surface area contributed by atoms with Crippen molar-refractivity contribution in [3.8, 4) is 22.6 Å². The molecule has 0 saturated heterocycles. The summed E-state index contributed by atoms with van der Waals surface area (Å²) >= 11 is 0. The lowest BCUT2D eigenvalue weighted by atomic mass is 9.94. The van der Waals surface area contributed by atoms with Crippen molar-refractivity contribution in [1.29, 1.82) is 0 Å². The molecule has 3 aromatic carbocycles. The van der Waals surface area contributed by atoms with E-state index in [2.05, 4.69) is 10.0 Å². The monoisotopic (exact) mass is 492 g/mol. The van der Waals surface area contributed by atoms with Crippen molar-refractivity contribution in [2.45, 2.75) is 43.4 Å². The first-order chi connectivity index (χ1) is 16.8. The lowest BCUT2D eigenvalue weighted by molar-refractivity contribution is -0.118. The quantitative estimate of drug-likeness (QED) is 0.505. The molecule has 1 aliphatic carbocycles. The van der Waals surface area contributed by atoms with Gasteiger partial charge in [-0.05, 0) is 97.4 Å². The highest BCUT2D eigenvalue weighted by atomic mass is 32.2. The van der Waals surface area contributed by atoms with Gasteiger partial charge in [0.05, 0.1) is 10.3 Å². The second-order valence-corrected chi connectivity index (χ2v) is 10.9. The molecule has 1 amide bonds. The molecule has 5 rings (SSSR count). The van der Waals surface area contributed by atoms with E-state index in [9.17, 15) is 13.2 Å². The Balaban J connectivity index is 1.43. The summed E-state index contributed by atoms with van der Waals surface area (Å²) in [4.78, 5) is 13.6. The largest absolute Gasteiger partial charge is 0.454 e. The van der Waals surface area contributed by atoms with Crippen molar-refractivity contribution in [3.05, 3.63) is 71.3 Å². The Kier molecular flexibility index (Phi) is 5.81. The number of aryl methyl sites for hydroxylation is 2. The van der Waals surface area contributed by atoms with Crippen LogP contribution in [0.15, 0.2) is 59.5 Å². The molecule has 2 N–H and O–H groups in total. The predicted octanol–water partition coefficient (Wildman–Crippen LogP) is 4.53. The third kappa shape index (κ3) is 4.17. The van der Waals surface area contributed by atoms with Gasteiger partial charge in [0.25, 0.3) is 0 Å². The van der Waals surface area contributed by atoms with Gasteiger partial charge >= 0.3 is 0 Å². The van der Waals surface area contributed by atoms with Crippen LogP contribution >= 0.6 is 0 Å². The smallest absolute Gasteiger partial charge is 0.240 e. The Morgan fingerprint density at radius 1 is 1.00 bits per heavy atom. The van der Waals surface area contributed by atoms with Crippen LogP contribution in [0.2, 0.25) is 0 Å². The highest BCUT2D eigenvalue weighted by molar-refractivity contribution is 7.89. The second-order valence-electron chi connectivity index (χ2n) is 9.02. The van der Waals surface area contributed by atoms with Gasteiger partial charge in [-0.25, -0.2) is 13.1 Å². The van der Waals surface area contributed by atoms with Gasteiger partial charge in [0.15, 0.2) is 11.5 Å². The first kappa shape index (κ1) is 23.4. The molecule has 1 saturated carbocycles. The molecule has 1 heterocycles. The fourth-order valence-electron chi connectivity index (χ4n) is 4.62. The number of carbonyl (C=O) groups is 1. The molecule has 0 unspecified atom stereocenters. The molecule has 35 heavy (non-hydrogen) atoms. The summed E-state index contributed by atoms with van der Waals surface area (Å²) in [5.74, 6) is 1.33. The van der Waals surface area contributed by atoms with Crippen LogP contribution in [0.5, 0.6) is 11.5 Å². The molecule has 0 bridgehead atoms. The average Bonchev–Trinajstić information content (AvgIpc) is 3.55. The molecular weight excluding hydrogens is 464 g/mol. The molecule has 8 heteroatoms. The molecule has 182 valence electrons. The molecular formula is C27H28N2O5S. The van der Waals surface area contributed by atoms with Gasteiger partial charge in [-0.1, -0.05) is 25.1 Å². The van der Waals surface area contributed by atoms with Gasteiger partial charge in [0.1, 0.15) is 0 Å². The maximum Gasteiger partial charge on any atom is 0.240 e. The number of ether oxygens (including phenoxy) is 2. The van der Waals surface area contributed by atoms with Gasteiger partial charge in [0, 0.05) is 5.69 Å². The van der Waals surface area contributed by atoms with Crippen molar-refractivity contribution in [2.75, 3.05) is 19.2 Å². The van der Waals surface area contributed by atoms with Crippen LogP contribution in [0, 0.1) is 6.92 Å². The van der Waals surface area contributed by atoms with Crippen LogP contribution in [-0.2, 0) is 26.7 Å². The van der Waals surface area contributed by atoms with E-state index in [0.29, 0.717) is 23.6 Å². The lowest BCUT2D eigenvalue weighted by Gasteiger charge is -2.18. The van der Waals surface area contributed by atoms with Crippen molar-refractivity contribution in [3.63, 3.8) is 0 Å². The fraction of sp³-hybridized carbons (Fsp3) is 0.296. The van der Waals surface area contributed by atoms with Gasteiger partial charge < -0.3 is 14.8 Å². The molecule has 7 nitrogen and oxygen atoms in total. The van der Waals surface area contributed by atoms with E-state index in [1.165, 1.54) is 7.05 Å². The van der Waals surface area contributed by atoms with Crippen LogP contribution in [0.25, 0.3) is 11.1 Å². The van der Waals surface area contributed by atoms with E-state index in [4.69, 9.17) is 9.47 Å². The topological polar surface area (TPSA) is 93.7 Å². The average molecular weight is 493 g/mol.